The molecule has 0 radical (unpaired) electrons. The number of hydrogen-bond donors (Lipinski definition) is 2. The Morgan fingerprint density at radius 1 is 1.00 bits per heavy atom. The monoisotopic (exact) mass is 256 g/mol. The molecule has 1 amide bonds. The second-order valence-corrected chi connectivity index (χ2v) is 4.25. The van der Waals surface area contributed by atoms with Gasteiger partial charge in [-0.05, 0) is 24.3 Å². The van der Waals surface area contributed by atoms with E-state index < -0.39 is 0 Å². The van der Waals surface area contributed by atoms with E-state index in [1.54, 1.807) is 36.4 Å². The highest BCUT2D eigenvalue weighted by molar-refractivity contribution is 5.89. The average molecular weight is 256 g/mol. The lowest BCUT2D eigenvalue weighted by Gasteiger charge is -2.21. The van der Waals surface area contributed by atoms with E-state index in [4.69, 9.17) is 15.2 Å². The van der Waals surface area contributed by atoms with Gasteiger partial charge in [0.05, 0.1) is 0 Å². The van der Waals surface area contributed by atoms with Crippen molar-refractivity contribution in [2.75, 3.05) is 11.1 Å². The van der Waals surface area contributed by atoms with Crippen LogP contribution in [0.25, 0.3) is 0 Å². The number of nitrogens with one attached hydrogen (secondary N) is 1. The molecule has 3 N–H and O–H groups in total. The first-order chi connectivity index (χ1) is 9.11. The fraction of sp³-hybridized carbons (Fsp3) is 0.0714. The first-order valence-electron chi connectivity index (χ1n) is 5.79. The first kappa shape index (κ1) is 11.4. The van der Waals surface area contributed by atoms with Gasteiger partial charge in [0, 0.05) is 30.4 Å². The van der Waals surface area contributed by atoms with Gasteiger partial charge in [-0.3, -0.25) is 4.79 Å². The third-order valence-electron chi connectivity index (χ3n) is 2.67. The minimum absolute atomic E-state index is 0.138. The van der Waals surface area contributed by atoms with Gasteiger partial charge in [0.1, 0.15) is 0 Å². The van der Waals surface area contributed by atoms with Crippen LogP contribution >= 0.6 is 0 Å². The number of hydrogen-bond acceptors (Lipinski definition) is 4. The van der Waals surface area contributed by atoms with Crippen molar-refractivity contribution >= 4 is 17.3 Å². The summed E-state index contributed by atoms with van der Waals surface area (Å²) in [4.78, 5) is 11.0. The Balaban J connectivity index is 1.96. The maximum Gasteiger partial charge on any atom is 0.221 e. The molecule has 0 aromatic heterocycles. The number of anilines is 2. The van der Waals surface area contributed by atoms with Gasteiger partial charge in [-0.15, -0.1) is 0 Å². The molecule has 0 fully saturated rings. The molecule has 1 heterocycles. The summed E-state index contributed by atoms with van der Waals surface area (Å²) in [5.41, 5.74) is 6.96. The van der Waals surface area contributed by atoms with Crippen LogP contribution in [0.4, 0.5) is 11.4 Å². The molecule has 96 valence electrons. The smallest absolute Gasteiger partial charge is 0.221 e. The van der Waals surface area contributed by atoms with Crippen LogP contribution in [0.1, 0.15) is 6.92 Å². The molecule has 0 spiro atoms. The van der Waals surface area contributed by atoms with Gasteiger partial charge >= 0.3 is 0 Å². The topological polar surface area (TPSA) is 73.6 Å². The van der Waals surface area contributed by atoms with E-state index in [0.29, 0.717) is 34.4 Å². The molecular formula is C14H12N2O3. The highest BCUT2D eigenvalue weighted by atomic mass is 16.6. The second kappa shape index (κ2) is 4.20. The average Bonchev–Trinajstić information content (AvgIpc) is 2.35. The lowest BCUT2D eigenvalue weighted by molar-refractivity contribution is -0.114. The number of rotatable bonds is 1. The summed E-state index contributed by atoms with van der Waals surface area (Å²) in [5.74, 6) is 2.19. The van der Waals surface area contributed by atoms with Crippen molar-refractivity contribution in [3.8, 4) is 23.0 Å². The van der Waals surface area contributed by atoms with Crippen molar-refractivity contribution in [2.24, 2.45) is 0 Å². The fourth-order valence-corrected chi connectivity index (χ4v) is 1.88. The molecule has 3 rings (SSSR count). The summed E-state index contributed by atoms with van der Waals surface area (Å²) < 4.78 is 11.4. The van der Waals surface area contributed by atoms with Crippen molar-refractivity contribution in [1.29, 1.82) is 0 Å². The molecule has 1 aliphatic rings. The predicted molar refractivity (Wildman–Crippen MR) is 71.7 cm³/mol. The number of carbonyl (C=O) groups is 1. The summed E-state index contributed by atoms with van der Waals surface area (Å²) in [5, 5.41) is 2.69. The second-order valence-electron chi connectivity index (χ2n) is 4.25. The van der Waals surface area contributed by atoms with E-state index in [-0.39, 0.29) is 5.91 Å². The van der Waals surface area contributed by atoms with Crippen LogP contribution in [0.3, 0.4) is 0 Å². The van der Waals surface area contributed by atoms with Crippen molar-refractivity contribution in [3.63, 3.8) is 0 Å². The molecule has 0 aliphatic carbocycles. The molecule has 0 saturated carbocycles. The van der Waals surface area contributed by atoms with E-state index >= 15 is 0 Å². The molecule has 5 nitrogen and oxygen atoms in total. The SMILES string of the molecule is CC(=O)Nc1ccc2c(c1)Oc1cc(N)ccc1O2. The maximum absolute atomic E-state index is 11.0. The van der Waals surface area contributed by atoms with Gasteiger partial charge in [-0.1, -0.05) is 0 Å². The minimum atomic E-state index is -0.138. The maximum atomic E-state index is 11.0. The third kappa shape index (κ3) is 2.18. The molecule has 2 aromatic carbocycles. The number of ether oxygens (including phenoxy) is 2. The summed E-state index contributed by atoms with van der Waals surface area (Å²) >= 11 is 0. The van der Waals surface area contributed by atoms with Gasteiger partial charge in [-0.2, -0.15) is 0 Å². The normalized spacial score (nSPS) is 11.6. The van der Waals surface area contributed by atoms with Gasteiger partial charge in [-0.25, -0.2) is 0 Å². The van der Waals surface area contributed by atoms with Crippen LogP contribution in [0.2, 0.25) is 0 Å². The first-order valence-corrected chi connectivity index (χ1v) is 5.79. The zero-order valence-electron chi connectivity index (χ0n) is 10.3. The number of fused-ring (bicyclic) bond motifs is 2. The number of benzene rings is 2. The summed E-state index contributed by atoms with van der Waals surface area (Å²) in [6.45, 7) is 1.45. The van der Waals surface area contributed by atoms with Gasteiger partial charge in [0.15, 0.2) is 23.0 Å². The zero-order valence-corrected chi connectivity index (χ0v) is 10.3. The van der Waals surface area contributed by atoms with Crippen LogP contribution in [0.15, 0.2) is 36.4 Å². The largest absolute Gasteiger partial charge is 0.450 e. The van der Waals surface area contributed by atoms with Crippen LogP contribution in [0.5, 0.6) is 23.0 Å². The Bertz CT molecular complexity index is 668. The Morgan fingerprint density at radius 2 is 1.63 bits per heavy atom. The number of nitrogens with two attached hydrogens (primary N) is 1. The van der Waals surface area contributed by atoms with Crippen LogP contribution in [-0.2, 0) is 4.79 Å². The quantitative estimate of drug-likeness (QED) is 0.656. The molecule has 5 heteroatoms. The number of nitrogen functional groups attached to an aromatic ring is 1. The highest BCUT2D eigenvalue weighted by Gasteiger charge is 2.19. The van der Waals surface area contributed by atoms with Gasteiger partial charge in [0.25, 0.3) is 0 Å². The van der Waals surface area contributed by atoms with Crippen molar-refractivity contribution in [2.45, 2.75) is 6.92 Å². The molecular weight excluding hydrogens is 244 g/mol. The van der Waals surface area contributed by atoms with Gasteiger partial charge in [0.2, 0.25) is 5.91 Å². The Labute approximate surface area is 109 Å². The highest BCUT2D eigenvalue weighted by Crippen LogP contribution is 2.46. The Kier molecular flexibility index (Phi) is 2.52. The Hall–Kier alpha value is -2.69. The van der Waals surface area contributed by atoms with E-state index in [1.807, 2.05) is 0 Å². The molecule has 2 aromatic rings. The Morgan fingerprint density at radius 3 is 2.37 bits per heavy atom. The summed E-state index contributed by atoms with van der Waals surface area (Å²) in [7, 11) is 0. The standard InChI is InChI=1S/C14H12N2O3/c1-8(17)16-10-3-5-12-14(7-10)19-13-6-9(15)2-4-11(13)18-12/h2-7H,15H2,1H3,(H,16,17). The molecule has 0 atom stereocenters. The summed E-state index contributed by atoms with van der Waals surface area (Å²) in [6.07, 6.45) is 0. The van der Waals surface area contributed by atoms with Crippen LogP contribution in [-0.4, -0.2) is 5.91 Å². The van der Waals surface area contributed by atoms with Crippen molar-refractivity contribution < 1.29 is 14.3 Å². The molecule has 0 bridgehead atoms. The van der Waals surface area contributed by atoms with E-state index in [0.717, 1.165) is 0 Å². The van der Waals surface area contributed by atoms with Gasteiger partial charge < -0.3 is 20.5 Å². The molecule has 1 aliphatic heterocycles. The molecule has 19 heavy (non-hydrogen) atoms. The lowest BCUT2D eigenvalue weighted by atomic mass is 10.2. The lowest BCUT2D eigenvalue weighted by Crippen LogP contribution is -2.06. The van der Waals surface area contributed by atoms with Crippen molar-refractivity contribution in [3.05, 3.63) is 36.4 Å². The van der Waals surface area contributed by atoms with Crippen molar-refractivity contribution in [1.82, 2.24) is 0 Å². The summed E-state index contributed by atoms with van der Waals surface area (Å²) in [6, 6.07) is 10.4. The molecule has 0 unspecified atom stereocenters. The van der Waals surface area contributed by atoms with Crippen LogP contribution in [0, 0.1) is 0 Å². The van der Waals surface area contributed by atoms with E-state index in [2.05, 4.69) is 5.32 Å². The molecule has 0 saturated heterocycles. The third-order valence-corrected chi connectivity index (χ3v) is 2.67. The van der Waals surface area contributed by atoms with Crippen LogP contribution < -0.4 is 20.5 Å². The number of amides is 1. The van der Waals surface area contributed by atoms with E-state index in [1.165, 1.54) is 6.92 Å². The fourth-order valence-electron chi connectivity index (χ4n) is 1.88. The van der Waals surface area contributed by atoms with E-state index in [9.17, 15) is 4.79 Å². The predicted octanol–water partition coefficient (Wildman–Crippen LogP) is 3.13. The zero-order chi connectivity index (χ0) is 13.4. The minimum Gasteiger partial charge on any atom is -0.450 e. The number of carbonyl (C=O) groups excluding carboxylic acids is 1.